The van der Waals surface area contributed by atoms with Crippen LogP contribution in [-0.4, -0.2) is 18.0 Å². The van der Waals surface area contributed by atoms with Gasteiger partial charge in [0.15, 0.2) is 5.75 Å². The van der Waals surface area contributed by atoms with E-state index in [2.05, 4.69) is 18.2 Å². The van der Waals surface area contributed by atoms with Crippen LogP contribution in [0.3, 0.4) is 0 Å². The molecule has 1 aromatic carbocycles. The van der Waals surface area contributed by atoms with Gasteiger partial charge in [0.05, 0.1) is 0 Å². The third-order valence-corrected chi connectivity index (χ3v) is 1.86. The number of benzene rings is 1. The molecule has 96 valence electrons. The van der Waals surface area contributed by atoms with Crippen LogP contribution in [0.5, 0.6) is 11.5 Å². The SMILES string of the molecule is C=CC(=O)Oc1ccc(N=C=O)c(OC(=O)C=C)c1. The highest BCUT2D eigenvalue weighted by Gasteiger charge is 2.10. The second-order valence-electron chi connectivity index (χ2n) is 3.08. The minimum absolute atomic E-state index is 0.0531. The van der Waals surface area contributed by atoms with E-state index in [4.69, 9.17) is 9.47 Å². The average Bonchev–Trinajstić information content (AvgIpc) is 2.41. The first-order valence-corrected chi connectivity index (χ1v) is 5.01. The van der Waals surface area contributed by atoms with E-state index in [9.17, 15) is 14.4 Å². The fraction of sp³-hybridized carbons (Fsp3) is 0. The summed E-state index contributed by atoms with van der Waals surface area (Å²) in [6.07, 6.45) is 3.24. The highest BCUT2D eigenvalue weighted by atomic mass is 16.5. The lowest BCUT2D eigenvalue weighted by Gasteiger charge is -2.07. The lowest BCUT2D eigenvalue weighted by molar-refractivity contribution is -0.129. The Morgan fingerprint density at radius 3 is 2.37 bits per heavy atom. The van der Waals surface area contributed by atoms with Crippen LogP contribution >= 0.6 is 0 Å². The molecule has 0 spiro atoms. The zero-order chi connectivity index (χ0) is 14.3. The zero-order valence-corrected chi connectivity index (χ0v) is 9.79. The summed E-state index contributed by atoms with van der Waals surface area (Å²) in [6.45, 7) is 6.48. The molecule has 6 heteroatoms. The van der Waals surface area contributed by atoms with Gasteiger partial charge in [-0.1, -0.05) is 13.2 Å². The summed E-state index contributed by atoms with van der Waals surface area (Å²) in [7, 11) is 0. The van der Waals surface area contributed by atoms with Gasteiger partial charge in [-0.05, 0) is 12.1 Å². The molecule has 0 aliphatic heterocycles. The number of rotatable bonds is 5. The smallest absolute Gasteiger partial charge is 0.335 e. The molecule has 0 aliphatic carbocycles. The van der Waals surface area contributed by atoms with Crippen molar-refractivity contribution in [3.05, 3.63) is 43.5 Å². The molecule has 0 aliphatic rings. The van der Waals surface area contributed by atoms with Gasteiger partial charge in [-0.3, -0.25) is 0 Å². The Balaban J connectivity index is 3.13. The Morgan fingerprint density at radius 1 is 1.16 bits per heavy atom. The number of carbonyl (C=O) groups is 2. The summed E-state index contributed by atoms with van der Waals surface area (Å²) < 4.78 is 9.69. The maximum atomic E-state index is 11.1. The Hall–Kier alpha value is -2.98. The lowest BCUT2D eigenvalue weighted by atomic mass is 10.3. The maximum Gasteiger partial charge on any atom is 0.335 e. The van der Waals surface area contributed by atoms with Gasteiger partial charge >= 0.3 is 11.9 Å². The van der Waals surface area contributed by atoms with E-state index in [1.807, 2.05) is 0 Å². The Labute approximate surface area is 108 Å². The van der Waals surface area contributed by atoms with E-state index in [0.29, 0.717) is 0 Å². The van der Waals surface area contributed by atoms with Gasteiger partial charge in [-0.15, -0.1) is 0 Å². The molecule has 0 radical (unpaired) electrons. The van der Waals surface area contributed by atoms with Crippen LogP contribution in [0, 0.1) is 0 Å². The zero-order valence-electron chi connectivity index (χ0n) is 9.79. The monoisotopic (exact) mass is 259 g/mol. The second-order valence-corrected chi connectivity index (χ2v) is 3.08. The van der Waals surface area contributed by atoms with Gasteiger partial charge < -0.3 is 9.47 Å². The molecule has 6 nitrogen and oxygen atoms in total. The van der Waals surface area contributed by atoms with Gasteiger partial charge in [0.2, 0.25) is 6.08 Å². The summed E-state index contributed by atoms with van der Waals surface area (Å²) >= 11 is 0. The fourth-order valence-electron chi connectivity index (χ4n) is 1.09. The van der Waals surface area contributed by atoms with Crippen LogP contribution in [0.4, 0.5) is 5.69 Å². The third-order valence-electron chi connectivity index (χ3n) is 1.86. The molecule has 0 atom stereocenters. The second kappa shape index (κ2) is 6.68. The van der Waals surface area contributed by atoms with Gasteiger partial charge in [-0.25, -0.2) is 14.4 Å². The predicted octanol–water partition coefficient (Wildman–Crippen LogP) is 1.84. The van der Waals surface area contributed by atoms with E-state index in [-0.39, 0.29) is 17.2 Å². The predicted molar refractivity (Wildman–Crippen MR) is 65.9 cm³/mol. The van der Waals surface area contributed by atoms with Crippen LogP contribution in [0.2, 0.25) is 0 Å². The molecule has 1 aromatic rings. The molecule has 0 amide bonds. The normalized spacial score (nSPS) is 8.84. The highest BCUT2D eigenvalue weighted by molar-refractivity contribution is 5.85. The third kappa shape index (κ3) is 4.07. The van der Waals surface area contributed by atoms with Crippen molar-refractivity contribution in [3.63, 3.8) is 0 Å². The molecule has 0 saturated carbocycles. The summed E-state index contributed by atoms with van der Waals surface area (Å²) in [5.41, 5.74) is 0.0728. The summed E-state index contributed by atoms with van der Waals surface area (Å²) in [5, 5.41) is 0. The van der Waals surface area contributed by atoms with Crippen molar-refractivity contribution in [1.29, 1.82) is 0 Å². The first-order valence-electron chi connectivity index (χ1n) is 5.01. The largest absolute Gasteiger partial charge is 0.423 e. The van der Waals surface area contributed by atoms with Gasteiger partial charge in [0.25, 0.3) is 0 Å². The van der Waals surface area contributed by atoms with E-state index in [0.717, 1.165) is 12.2 Å². The van der Waals surface area contributed by atoms with Crippen LogP contribution in [0.25, 0.3) is 0 Å². The quantitative estimate of drug-likeness (QED) is 0.265. The van der Waals surface area contributed by atoms with Crippen molar-refractivity contribution in [2.75, 3.05) is 0 Å². The number of isocyanates is 1. The van der Waals surface area contributed by atoms with E-state index >= 15 is 0 Å². The van der Waals surface area contributed by atoms with Crippen molar-refractivity contribution in [1.82, 2.24) is 0 Å². The minimum Gasteiger partial charge on any atom is -0.423 e. The molecule has 0 heterocycles. The number of hydrogen-bond donors (Lipinski definition) is 0. The first-order chi connectivity index (χ1) is 9.10. The number of nitrogens with zero attached hydrogens (tertiary/aromatic N) is 1. The Bertz CT molecular complexity index is 585. The topological polar surface area (TPSA) is 82.0 Å². The van der Waals surface area contributed by atoms with Crippen LogP contribution in [0.1, 0.15) is 0 Å². The first kappa shape index (κ1) is 14.1. The van der Waals surface area contributed by atoms with Crippen molar-refractivity contribution in [3.8, 4) is 11.5 Å². The van der Waals surface area contributed by atoms with Crippen molar-refractivity contribution < 1.29 is 23.9 Å². The van der Waals surface area contributed by atoms with E-state index < -0.39 is 11.9 Å². The molecule has 1 rings (SSSR count). The molecule has 0 aromatic heterocycles. The fourth-order valence-corrected chi connectivity index (χ4v) is 1.09. The molecule has 0 saturated heterocycles. The molecule has 0 fully saturated rings. The van der Waals surface area contributed by atoms with Gasteiger partial charge in [0.1, 0.15) is 11.4 Å². The van der Waals surface area contributed by atoms with Gasteiger partial charge in [0, 0.05) is 18.2 Å². The number of carbonyl (C=O) groups excluding carboxylic acids is 3. The summed E-state index contributed by atoms with van der Waals surface area (Å²) in [4.78, 5) is 35.8. The van der Waals surface area contributed by atoms with Crippen molar-refractivity contribution in [2.24, 2.45) is 4.99 Å². The van der Waals surface area contributed by atoms with Crippen LogP contribution in [0.15, 0.2) is 48.5 Å². The Kier molecular flexibility index (Phi) is 4.95. The summed E-state index contributed by atoms with van der Waals surface area (Å²) in [5.74, 6) is -1.36. The average molecular weight is 259 g/mol. The standard InChI is InChI=1S/C13H9NO5/c1-3-12(16)18-9-5-6-10(14-8-15)11(7-9)19-13(17)4-2/h3-7H,1-2H2. The maximum absolute atomic E-state index is 11.1. The number of esters is 2. The minimum atomic E-state index is -0.741. The molecule has 19 heavy (non-hydrogen) atoms. The molecular weight excluding hydrogens is 250 g/mol. The van der Waals surface area contributed by atoms with Gasteiger partial charge in [-0.2, -0.15) is 4.99 Å². The Morgan fingerprint density at radius 2 is 1.79 bits per heavy atom. The lowest BCUT2D eigenvalue weighted by Crippen LogP contribution is -2.05. The molecule has 0 bridgehead atoms. The number of aliphatic imine (C=N–C) groups is 1. The van der Waals surface area contributed by atoms with E-state index in [1.54, 1.807) is 0 Å². The van der Waals surface area contributed by atoms with Crippen LogP contribution in [-0.2, 0) is 14.4 Å². The van der Waals surface area contributed by atoms with Crippen molar-refractivity contribution in [2.45, 2.75) is 0 Å². The molecular formula is C13H9NO5. The number of ether oxygens (including phenoxy) is 2. The summed E-state index contributed by atoms with van der Waals surface area (Å²) in [6, 6.07) is 3.95. The molecule has 0 N–H and O–H groups in total. The van der Waals surface area contributed by atoms with E-state index in [1.165, 1.54) is 24.3 Å². The number of hydrogen-bond acceptors (Lipinski definition) is 6. The van der Waals surface area contributed by atoms with Crippen LogP contribution < -0.4 is 9.47 Å². The molecule has 0 unspecified atom stereocenters. The highest BCUT2D eigenvalue weighted by Crippen LogP contribution is 2.31. The van der Waals surface area contributed by atoms with Crippen molar-refractivity contribution >= 4 is 23.7 Å².